The first kappa shape index (κ1) is 15.4. The number of benzene rings is 1. The molecule has 0 saturated carbocycles. The van der Waals surface area contributed by atoms with Crippen LogP contribution < -0.4 is 10.5 Å². The Balaban J connectivity index is 1.94. The highest BCUT2D eigenvalue weighted by molar-refractivity contribution is 5.92. The van der Waals surface area contributed by atoms with Crippen molar-refractivity contribution >= 4 is 11.8 Å². The fraction of sp³-hybridized carbons (Fsp3) is 0.500. The van der Waals surface area contributed by atoms with E-state index in [-0.39, 0.29) is 5.91 Å². The molecule has 0 aliphatic carbocycles. The minimum absolute atomic E-state index is 0.0240. The monoisotopic (exact) mass is 290 g/mol. The summed E-state index contributed by atoms with van der Waals surface area (Å²) in [5, 5.41) is 0. The van der Waals surface area contributed by atoms with Gasteiger partial charge in [-0.1, -0.05) is 12.8 Å². The number of nitrogens with zero attached hydrogens (tertiary/aromatic N) is 1. The predicted octanol–water partition coefficient (Wildman–Crippen LogP) is 1.96. The molecule has 1 heterocycles. The topological polar surface area (TPSA) is 72.6 Å². The molecular weight excluding hydrogens is 268 g/mol. The average Bonchev–Trinajstić information content (AvgIpc) is 2.76. The Morgan fingerprint density at radius 3 is 2.19 bits per heavy atom. The number of ether oxygens (including phenoxy) is 1. The van der Waals surface area contributed by atoms with E-state index in [0.717, 1.165) is 25.9 Å². The lowest BCUT2D eigenvalue weighted by molar-refractivity contribution is -0.137. The summed E-state index contributed by atoms with van der Waals surface area (Å²) in [6.45, 7) is 3.38. The van der Waals surface area contributed by atoms with Crippen molar-refractivity contribution in [2.45, 2.75) is 38.7 Å². The van der Waals surface area contributed by atoms with E-state index >= 15 is 0 Å². The lowest BCUT2D eigenvalue weighted by Crippen LogP contribution is -2.41. The highest BCUT2D eigenvalue weighted by atomic mass is 16.5. The minimum atomic E-state index is -0.525. The molecular formula is C16H22N2O3. The van der Waals surface area contributed by atoms with Gasteiger partial charge >= 0.3 is 0 Å². The Morgan fingerprint density at radius 1 is 1.10 bits per heavy atom. The zero-order chi connectivity index (χ0) is 15.2. The second-order valence-corrected chi connectivity index (χ2v) is 5.39. The van der Waals surface area contributed by atoms with Gasteiger partial charge in [-0.15, -0.1) is 0 Å². The number of carbonyl (C=O) groups excluding carboxylic acids is 2. The van der Waals surface area contributed by atoms with E-state index in [1.807, 2.05) is 4.90 Å². The van der Waals surface area contributed by atoms with Gasteiger partial charge < -0.3 is 15.4 Å². The summed E-state index contributed by atoms with van der Waals surface area (Å²) in [6, 6.07) is 6.51. The molecule has 21 heavy (non-hydrogen) atoms. The molecule has 1 aromatic carbocycles. The molecule has 1 fully saturated rings. The molecule has 1 aliphatic rings. The first-order valence-electron chi connectivity index (χ1n) is 7.43. The van der Waals surface area contributed by atoms with E-state index < -0.39 is 12.0 Å². The number of carbonyl (C=O) groups is 2. The van der Waals surface area contributed by atoms with Crippen molar-refractivity contribution in [1.82, 2.24) is 4.90 Å². The molecule has 2 amide bonds. The van der Waals surface area contributed by atoms with Crippen LogP contribution in [0.15, 0.2) is 24.3 Å². The molecule has 1 unspecified atom stereocenters. The molecule has 0 radical (unpaired) electrons. The Kier molecular flexibility index (Phi) is 5.20. The zero-order valence-electron chi connectivity index (χ0n) is 12.4. The number of primary amides is 1. The van der Waals surface area contributed by atoms with Gasteiger partial charge in [-0.3, -0.25) is 9.59 Å². The maximum absolute atomic E-state index is 12.4. The van der Waals surface area contributed by atoms with Gasteiger partial charge in [-0.2, -0.15) is 0 Å². The van der Waals surface area contributed by atoms with Gasteiger partial charge in [-0.25, -0.2) is 0 Å². The fourth-order valence-electron chi connectivity index (χ4n) is 2.50. The Bertz CT molecular complexity index is 491. The van der Waals surface area contributed by atoms with Crippen molar-refractivity contribution in [3.05, 3.63) is 29.8 Å². The second-order valence-electron chi connectivity index (χ2n) is 5.39. The molecule has 114 valence electrons. The van der Waals surface area contributed by atoms with E-state index in [4.69, 9.17) is 10.5 Å². The number of rotatable bonds is 4. The highest BCUT2D eigenvalue weighted by Gasteiger charge is 2.22. The van der Waals surface area contributed by atoms with Crippen molar-refractivity contribution in [2.75, 3.05) is 13.1 Å². The molecule has 5 heteroatoms. The molecule has 1 aliphatic heterocycles. The van der Waals surface area contributed by atoms with Crippen LogP contribution in [0.1, 0.15) is 43.0 Å². The average molecular weight is 290 g/mol. The molecule has 2 N–H and O–H groups in total. The molecule has 1 atom stereocenters. The first-order chi connectivity index (χ1) is 10.1. The van der Waals surface area contributed by atoms with Gasteiger partial charge in [0.05, 0.1) is 0 Å². The van der Waals surface area contributed by atoms with E-state index in [2.05, 4.69) is 0 Å². The molecule has 1 aromatic rings. The second kappa shape index (κ2) is 7.11. The SMILES string of the molecule is CC(Oc1ccc(C(N)=O)cc1)C(=O)N1CCCCCC1. The summed E-state index contributed by atoms with van der Waals surface area (Å²) in [6.07, 6.45) is 3.97. The third-order valence-corrected chi connectivity index (χ3v) is 3.72. The van der Waals surface area contributed by atoms with Gasteiger partial charge in [0, 0.05) is 18.7 Å². The predicted molar refractivity (Wildman–Crippen MR) is 80.1 cm³/mol. The first-order valence-corrected chi connectivity index (χ1v) is 7.43. The maximum Gasteiger partial charge on any atom is 0.263 e. The molecule has 0 aromatic heterocycles. The van der Waals surface area contributed by atoms with Crippen LogP contribution in [0.2, 0.25) is 0 Å². The number of nitrogens with two attached hydrogens (primary N) is 1. The van der Waals surface area contributed by atoms with Crippen molar-refractivity contribution in [2.24, 2.45) is 5.73 Å². The summed E-state index contributed by atoms with van der Waals surface area (Å²) >= 11 is 0. The highest BCUT2D eigenvalue weighted by Crippen LogP contribution is 2.16. The van der Waals surface area contributed by atoms with Crippen LogP contribution in [-0.2, 0) is 4.79 Å². The van der Waals surface area contributed by atoms with Gasteiger partial charge in [0.1, 0.15) is 5.75 Å². The smallest absolute Gasteiger partial charge is 0.263 e. The summed E-state index contributed by atoms with van der Waals surface area (Å²) < 4.78 is 5.66. The lowest BCUT2D eigenvalue weighted by atomic mass is 10.2. The Morgan fingerprint density at radius 2 is 1.67 bits per heavy atom. The molecule has 1 saturated heterocycles. The van der Waals surface area contributed by atoms with E-state index in [1.165, 1.54) is 12.8 Å². The van der Waals surface area contributed by atoms with Crippen LogP contribution in [0.5, 0.6) is 5.75 Å². The Hall–Kier alpha value is -2.04. The van der Waals surface area contributed by atoms with E-state index in [1.54, 1.807) is 31.2 Å². The maximum atomic E-state index is 12.4. The van der Waals surface area contributed by atoms with Crippen LogP contribution in [0.3, 0.4) is 0 Å². The van der Waals surface area contributed by atoms with Crippen LogP contribution in [-0.4, -0.2) is 35.9 Å². The lowest BCUT2D eigenvalue weighted by Gasteiger charge is -2.24. The summed E-state index contributed by atoms with van der Waals surface area (Å²) in [4.78, 5) is 25.2. The number of hydrogen-bond acceptors (Lipinski definition) is 3. The zero-order valence-corrected chi connectivity index (χ0v) is 12.4. The third-order valence-electron chi connectivity index (χ3n) is 3.72. The molecule has 2 rings (SSSR count). The van der Waals surface area contributed by atoms with Crippen LogP contribution in [0, 0.1) is 0 Å². The number of likely N-dealkylation sites (tertiary alicyclic amines) is 1. The largest absolute Gasteiger partial charge is 0.481 e. The van der Waals surface area contributed by atoms with E-state index in [9.17, 15) is 9.59 Å². The number of hydrogen-bond donors (Lipinski definition) is 1. The van der Waals surface area contributed by atoms with E-state index in [0.29, 0.717) is 11.3 Å². The van der Waals surface area contributed by atoms with Gasteiger partial charge in [0.2, 0.25) is 5.91 Å². The summed E-state index contributed by atoms with van der Waals surface area (Å²) in [5.41, 5.74) is 5.61. The normalized spacial score (nSPS) is 16.9. The van der Waals surface area contributed by atoms with Gasteiger partial charge in [-0.05, 0) is 44.0 Å². The standard InChI is InChI=1S/C16H22N2O3/c1-12(16(20)18-10-4-2-3-5-11-18)21-14-8-6-13(7-9-14)15(17)19/h6-9,12H,2-5,10-11H2,1H3,(H2,17,19). The Labute approximate surface area is 125 Å². The van der Waals surface area contributed by atoms with Gasteiger partial charge in [0.15, 0.2) is 6.10 Å². The fourth-order valence-corrected chi connectivity index (χ4v) is 2.50. The van der Waals surface area contributed by atoms with Crippen LogP contribution in [0.25, 0.3) is 0 Å². The summed E-state index contributed by atoms with van der Waals surface area (Å²) in [5.74, 6) is 0.113. The molecule has 0 bridgehead atoms. The van der Waals surface area contributed by atoms with Crippen molar-refractivity contribution in [3.63, 3.8) is 0 Å². The molecule has 0 spiro atoms. The minimum Gasteiger partial charge on any atom is -0.481 e. The van der Waals surface area contributed by atoms with Crippen LogP contribution in [0.4, 0.5) is 0 Å². The quantitative estimate of drug-likeness (QED) is 0.921. The van der Waals surface area contributed by atoms with Crippen LogP contribution >= 0.6 is 0 Å². The summed E-state index contributed by atoms with van der Waals surface area (Å²) in [7, 11) is 0. The van der Waals surface area contributed by atoms with Crippen molar-refractivity contribution < 1.29 is 14.3 Å². The number of amides is 2. The van der Waals surface area contributed by atoms with Crippen molar-refractivity contribution in [3.8, 4) is 5.75 Å². The van der Waals surface area contributed by atoms with Gasteiger partial charge in [0.25, 0.3) is 5.91 Å². The third kappa shape index (κ3) is 4.21. The molecule has 5 nitrogen and oxygen atoms in total. The van der Waals surface area contributed by atoms with Crippen molar-refractivity contribution in [1.29, 1.82) is 0 Å².